The van der Waals surface area contributed by atoms with Crippen LogP contribution < -0.4 is 16.1 Å². The number of halogens is 1. The van der Waals surface area contributed by atoms with Gasteiger partial charge in [0.15, 0.2) is 0 Å². The number of phenolic OH excluding ortho intramolecular Hbond substituents is 1. The monoisotopic (exact) mass is 369 g/mol. The molecule has 1 aliphatic heterocycles. The standard InChI is InChI=1S/C18H16FN5O3/c19-12-6-2-3-7-13(12)21-16(26)9-14-17(27)23-18(22-14)24-20-10-11-5-1-4-8-15(11)25/h1-8,10,14,25H,9H2,(H,21,26)(H2,22,23,24,27)/b20-10-/t14-/m0/s1. The zero-order valence-corrected chi connectivity index (χ0v) is 14.0. The highest BCUT2D eigenvalue weighted by atomic mass is 19.1. The molecule has 1 aliphatic rings. The first kappa shape index (κ1) is 18.1. The lowest BCUT2D eigenvalue weighted by Gasteiger charge is -2.07. The maximum Gasteiger partial charge on any atom is 0.252 e. The third-order valence-electron chi connectivity index (χ3n) is 3.67. The summed E-state index contributed by atoms with van der Waals surface area (Å²) in [6.45, 7) is 0. The predicted molar refractivity (Wildman–Crippen MR) is 97.8 cm³/mol. The molecule has 0 fully saturated rings. The zero-order chi connectivity index (χ0) is 19.2. The highest BCUT2D eigenvalue weighted by Crippen LogP contribution is 2.14. The SMILES string of the molecule is O=C(C[C@@H]1N=C(N/N=C\c2ccccc2O)NC1=O)Nc1ccccc1F. The maximum absolute atomic E-state index is 13.5. The van der Waals surface area contributed by atoms with E-state index >= 15 is 0 Å². The number of para-hydroxylation sites is 2. The molecular weight excluding hydrogens is 353 g/mol. The molecule has 0 radical (unpaired) electrons. The second-order valence-corrected chi connectivity index (χ2v) is 5.64. The third-order valence-corrected chi connectivity index (χ3v) is 3.67. The van der Waals surface area contributed by atoms with E-state index in [1.54, 1.807) is 24.3 Å². The summed E-state index contributed by atoms with van der Waals surface area (Å²) in [7, 11) is 0. The topological polar surface area (TPSA) is 115 Å². The average molecular weight is 369 g/mol. The van der Waals surface area contributed by atoms with Crippen molar-refractivity contribution in [1.29, 1.82) is 0 Å². The minimum Gasteiger partial charge on any atom is -0.507 e. The summed E-state index contributed by atoms with van der Waals surface area (Å²) in [5.74, 6) is -1.44. The Kier molecular flexibility index (Phi) is 5.41. The first-order valence-electron chi connectivity index (χ1n) is 8.03. The summed E-state index contributed by atoms with van der Waals surface area (Å²) < 4.78 is 13.5. The minimum atomic E-state index is -0.945. The van der Waals surface area contributed by atoms with E-state index in [1.807, 2.05) is 0 Å². The van der Waals surface area contributed by atoms with Crippen molar-refractivity contribution < 1.29 is 19.1 Å². The highest BCUT2D eigenvalue weighted by Gasteiger charge is 2.28. The molecule has 2 aromatic carbocycles. The normalized spacial score (nSPS) is 16.1. The Balaban J connectivity index is 1.57. The van der Waals surface area contributed by atoms with Crippen molar-refractivity contribution in [2.75, 3.05) is 5.32 Å². The van der Waals surface area contributed by atoms with Gasteiger partial charge in [0, 0.05) is 5.56 Å². The van der Waals surface area contributed by atoms with Crippen LogP contribution in [0.4, 0.5) is 10.1 Å². The first-order valence-corrected chi connectivity index (χ1v) is 8.03. The van der Waals surface area contributed by atoms with Crippen molar-refractivity contribution in [3.05, 3.63) is 59.9 Å². The van der Waals surface area contributed by atoms with E-state index in [1.165, 1.54) is 30.5 Å². The van der Waals surface area contributed by atoms with Gasteiger partial charge in [-0.05, 0) is 24.3 Å². The van der Waals surface area contributed by atoms with Gasteiger partial charge in [-0.1, -0.05) is 24.3 Å². The van der Waals surface area contributed by atoms with Crippen molar-refractivity contribution in [2.45, 2.75) is 12.5 Å². The molecule has 1 atom stereocenters. The van der Waals surface area contributed by atoms with E-state index in [4.69, 9.17) is 0 Å². The van der Waals surface area contributed by atoms with Gasteiger partial charge in [0.25, 0.3) is 5.91 Å². The van der Waals surface area contributed by atoms with Gasteiger partial charge in [-0.15, -0.1) is 0 Å². The molecule has 0 aliphatic carbocycles. The van der Waals surface area contributed by atoms with Crippen LogP contribution in [0.5, 0.6) is 5.75 Å². The van der Waals surface area contributed by atoms with E-state index in [2.05, 4.69) is 26.2 Å². The number of benzene rings is 2. The van der Waals surface area contributed by atoms with Crippen LogP contribution in [0, 0.1) is 5.82 Å². The second-order valence-electron chi connectivity index (χ2n) is 5.64. The number of aromatic hydroxyl groups is 1. The van der Waals surface area contributed by atoms with Crippen LogP contribution in [0.25, 0.3) is 0 Å². The van der Waals surface area contributed by atoms with Crippen LogP contribution >= 0.6 is 0 Å². The Morgan fingerprint density at radius 2 is 2.00 bits per heavy atom. The maximum atomic E-state index is 13.5. The number of aliphatic imine (C=N–C) groups is 1. The number of hydrogen-bond acceptors (Lipinski definition) is 6. The Hall–Kier alpha value is -3.75. The molecule has 0 unspecified atom stereocenters. The van der Waals surface area contributed by atoms with E-state index in [-0.39, 0.29) is 23.8 Å². The lowest BCUT2D eigenvalue weighted by Crippen LogP contribution is -2.35. The van der Waals surface area contributed by atoms with Gasteiger partial charge in [-0.2, -0.15) is 5.10 Å². The van der Waals surface area contributed by atoms with Gasteiger partial charge in [-0.3, -0.25) is 14.9 Å². The summed E-state index contributed by atoms with van der Waals surface area (Å²) in [4.78, 5) is 28.0. The molecule has 0 saturated carbocycles. The number of amides is 2. The number of hydrogen-bond donors (Lipinski definition) is 4. The van der Waals surface area contributed by atoms with Gasteiger partial charge in [0.05, 0.1) is 18.3 Å². The number of nitrogens with zero attached hydrogens (tertiary/aromatic N) is 2. The van der Waals surface area contributed by atoms with Crippen molar-refractivity contribution >= 4 is 29.7 Å². The predicted octanol–water partition coefficient (Wildman–Crippen LogP) is 1.34. The molecule has 3 rings (SSSR count). The average Bonchev–Trinajstić information content (AvgIpc) is 2.98. The Morgan fingerprint density at radius 3 is 2.78 bits per heavy atom. The van der Waals surface area contributed by atoms with Gasteiger partial charge in [-0.25, -0.2) is 14.8 Å². The minimum absolute atomic E-state index is 0.0375. The molecule has 2 aromatic rings. The zero-order valence-electron chi connectivity index (χ0n) is 14.0. The van der Waals surface area contributed by atoms with Crippen molar-refractivity contribution in [1.82, 2.24) is 10.7 Å². The van der Waals surface area contributed by atoms with Crippen molar-refractivity contribution in [2.24, 2.45) is 10.1 Å². The van der Waals surface area contributed by atoms with Crippen LogP contribution in [0.3, 0.4) is 0 Å². The Morgan fingerprint density at radius 1 is 1.26 bits per heavy atom. The van der Waals surface area contributed by atoms with E-state index in [0.29, 0.717) is 5.56 Å². The van der Waals surface area contributed by atoms with E-state index in [9.17, 15) is 19.1 Å². The lowest BCUT2D eigenvalue weighted by molar-refractivity contribution is -0.123. The largest absolute Gasteiger partial charge is 0.507 e. The summed E-state index contributed by atoms with van der Waals surface area (Å²) in [5.41, 5.74) is 3.05. The fourth-order valence-electron chi connectivity index (χ4n) is 2.34. The number of rotatable bonds is 5. The van der Waals surface area contributed by atoms with Crippen LogP contribution in [-0.4, -0.2) is 35.1 Å². The second kappa shape index (κ2) is 8.09. The Bertz CT molecular complexity index is 929. The first-order chi connectivity index (χ1) is 13.0. The quantitative estimate of drug-likeness (QED) is 0.470. The van der Waals surface area contributed by atoms with Gasteiger partial charge in [0.1, 0.15) is 17.6 Å². The van der Waals surface area contributed by atoms with Gasteiger partial charge < -0.3 is 10.4 Å². The van der Waals surface area contributed by atoms with Crippen LogP contribution in [0.2, 0.25) is 0 Å². The number of phenols is 1. The molecule has 4 N–H and O–H groups in total. The van der Waals surface area contributed by atoms with Crippen LogP contribution in [-0.2, 0) is 9.59 Å². The molecule has 1 heterocycles. The van der Waals surface area contributed by atoms with Crippen LogP contribution in [0.1, 0.15) is 12.0 Å². The summed E-state index contributed by atoms with van der Waals surface area (Å²) in [5, 5.41) is 18.4. The smallest absolute Gasteiger partial charge is 0.252 e. The Labute approximate surface area is 153 Å². The number of carbonyl (C=O) groups excluding carboxylic acids is 2. The summed E-state index contributed by atoms with van der Waals surface area (Å²) >= 11 is 0. The fraction of sp³-hybridized carbons (Fsp3) is 0.111. The van der Waals surface area contributed by atoms with E-state index < -0.39 is 23.7 Å². The van der Waals surface area contributed by atoms with Gasteiger partial charge in [0.2, 0.25) is 11.9 Å². The molecule has 8 nitrogen and oxygen atoms in total. The molecule has 9 heteroatoms. The van der Waals surface area contributed by atoms with Gasteiger partial charge >= 0.3 is 0 Å². The fourth-order valence-corrected chi connectivity index (χ4v) is 2.34. The number of guanidine groups is 1. The number of hydrazone groups is 1. The lowest BCUT2D eigenvalue weighted by atomic mass is 10.2. The third kappa shape index (κ3) is 4.66. The number of nitrogens with one attached hydrogen (secondary N) is 3. The van der Waals surface area contributed by atoms with E-state index in [0.717, 1.165) is 0 Å². The molecule has 0 spiro atoms. The molecular formula is C18H16FN5O3. The molecule has 27 heavy (non-hydrogen) atoms. The van der Waals surface area contributed by atoms with Crippen molar-refractivity contribution in [3.63, 3.8) is 0 Å². The number of carbonyl (C=O) groups is 2. The number of anilines is 1. The van der Waals surface area contributed by atoms with Crippen LogP contribution in [0.15, 0.2) is 58.6 Å². The summed E-state index contributed by atoms with van der Waals surface area (Å²) in [6.07, 6.45) is 1.12. The summed E-state index contributed by atoms with van der Waals surface area (Å²) in [6, 6.07) is 11.4. The molecule has 2 amide bonds. The molecule has 0 aromatic heterocycles. The molecule has 0 bridgehead atoms. The molecule has 0 saturated heterocycles. The molecule has 138 valence electrons. The highest BCUT2D eigenvalue weighted by molar-refractivity contribution is 6.07. The van der Waals surface area contributed by atoms with Crippen molar-refractivity contribution in [3.8, 4) is 5.75 Å².